The molecule has 2 N–H and O–H groups in total. The average Bonchev–Trinajstić information content (AvgIpc) is 2.71. The van der Waals surface area contributed by atoms with E-state index >= 15 is 0 Å². The number of carboxylic acid groups (broad SMARTS) is 2. The maximum Gasteiger partial charge on any atom is 0.524 e. The summed E-state index contributed by atoms with van der Waals surface area (Å²) in [5.41, 5.74) is -2.18. The lowest BCUT2D eigenvalue weighted by molar-refractivity contribution is -0.835. The molecule has 2 unspecified atom stereocenters. The summed E-state index contributed by atoms with van der Waals surface area (Å²) in [5, 5.41) is 20.1. The van der Waals surface area contributed by atoms with Crippen LogP contribution in [0.1, 0.15) is 26.3 Å². The molecule has 7 heteroatoms. The van der Waals surface area contributed by atoms with Crippen molar-refractivity contribution in [3.8, 4) is 0 Å². The van der Waals surface area contributed by atoms with Crippen LogP contribution in [0.2, 0.25) is 0 Å². The second-order valence-electron chi connectivity index (χ2n) is 7.29. The standard InChI is InChI=1S/C17H22N2O5/c1-16(2,3)17(13(20)21)11-18(4)14(22)19(17,15(23)24)10-12-8-6-5-7-9-12/h5-9H,10-11H2,1-4H3,(H-,20,21,23,24)/p+1. The van der Waals surface area contributed by atoms with Crippen molar-refractivity contribution in [1.82, 2.24) is 4.90 Å². The Morgan fingerprint density at radius 1 is 1.21 bits per heavy atom. The van der Waals surface area contributed by atoms with Gasteiger partial charge in [-0.1, -0.05) is 51.1 Å². The molecule has 1 saturated heterocycles. The number of rotatable bonds is 3. The van der Waals surface area contributed by atoms with Crippen molar-refractivity contribution in [3.63, 3.8) is 0 Å². The molecule has 1 fully saturated rings. The average molecular weight is 335 g/mol. The van der Waals surface area contributed by atoms with Crippen LogP contribution in [0.15, 0.2) is 30.3 Å². The van der Waals surface area contributed by atoms with Crippen molar-refractivity contribution in [1.29, 1.82) is 0 Å². The molecule has 0 spiro atoms. The molecule has 0 radical (unpaired) electrons. The summed E-state index contributed by atoms with van der Waals surface area (Å²) >= 11 is 0. The van der Waals surface area contributed by atoms with E-state index in [1.807, 2.05) is 0 Å². The van der Waals surface area contributed by atoms with E-state index in [0.717, 1.165) is 0 Å². The molecule has 2 atom stereocenters. The summed E-state index contributed by atoms with van der Waals surface area (Å²) in [6.07, 6.45) is -1.45. The van der Waals surface area contributed by atoms with Gasteiger partial charge in [0.1, 0.15) is 6.54 Å². The Labute approximate surface area is 140 Å². The predicted molar refractivity (Wildman–Crippen MR) is 86.3 cm³/mol. The van der Waals surface area contributed by atoms with Crippen LogP contribution < -0.4 is 0 Å². The minimum atomic E-state index is -1.81. The van der Waals surface area contributed by atoms with Gasteiger partial charge in [0.15, 0.2) is 0 Å². The molecule has 0 saturated carbocycles. The van der Waals surface area contributed by atoms with Gasteiger partial charge in [0.05, 0.1) is 6.54 Å². The third-order valence-corrected chi connectivity index (χ3v) is 4.95. The van der Waals surface area contributed by atoms with Crippen molar-refractivity contribution in [3.05, 3.63) is 35.9 Å². The maximum atomic E-state index is 12.9. The second-order valence-corrected chi connectivity index (χ2v) is 7.29. The van der Waals surface area contributed by atoms with Gasteiger partial charge in [0.2, 0.25) is 5.54 Å². The lowest BCUT2D eigenvalue weighted by atomic mass is 9.71. The van der Waals surface area contributed by atoms with Gasteiger partial charge < -0.3 is 10.2 Å². The van der Waals surface area contributed by atoms with Gasteiger partial charge >= 0.3 is 18.1 Å². The first-order valence-corrected chi connectivity index (χ1v) is 7.65. The highest BCUT2D eigenvalue weighted by Crippen LogP contribution is 2.48. The quantitative estimate of drug-likeness (QED) is 0.828. The first-order valence-electron chi connectivity index (χ1n) is 7.65. The molecule has 2 rings (SSSR count). The number of quaternary nitrogens is 1. The normalized spacial score (nSPS) is 27.3. The van der Waals surface area contributed by atoms with Crippen molar-refractivity contribution in [2.75, 3.05) is 13.6 Å². The van der Waals surface area contributed by atoms with Gasteiger partial charge in [0, 0.05) is 18.0 Å². The molecule has 7 nitrogen and oxygen atoms in total. The number of benzene rings is 1. The van der Waals surface area contributed by atoms with Gasteiger partial charge in [-0.25, -0.2) is 9.59 Å². The summed E-state index contributed by atoms with van der Waals surface area (Å²) in [7, 11) is 1.44. The molecule has 1 aromatic rings. The van der Waals surface area contributed by atoms with Crippen LogP contribution in [-0.2, 0) is 11.3 Å². The van der Waals surface area contributed by atoms with E-state index in [-0.39, 0.29) is 13.1 Å². The fourth-order valence-corrected chi connectivity index (χ4v) is 3.72. The third-order valence-electron chi connectivity index (χ3n) is 4.95. The number of carbonyl (C=O) groups excluding carboxylic acids is 1. The van der Waals surface area contributed by atoms with Crippen LogP contribution in [-0.4, -0.2) is 56.8 Å². The Balaban J connectivity index is 2.79. The number of likely N-dealkylation sites (N-methyl/N-ethyl adjacent to an activating group) is 1. The first kappa shape index (κ1) is 17.9. The van der Waals surface area contributed by atoms with Gasteiger partial charge in [-0.15, -0.1) is 4.48 Å². The predicted octanol–water partition coefficient (Wildman–Crippen LogP) is 2.62. The fourth-order valence-electron chi connectivity index (χ4n) is 3.72. The van der Waals surface area contributed by atoms with Crippen molar-refractivity contribution in [2.24, 2.45) is 5.41 Å². The topological polar surface area (TPSA) is 94.9 Å². The van der Waals surface area contributed by atoms with Crippen molar-refractivity contribution < 1.29 is 29.1 Å². The Bertz CT molecular complexity index is 682. The molecule has 130 valence electrons. The van der Waals surface area contributed by atoms with E-state index in [9.17, 15) is 24.6 Å². The lowest BCUT2D eigenvalue weighted by Crippen LogP contribution is -2.74. The minimum absolute atomic E-state index is 0.163. The van der Waals surface area contributed by atoms with E-state index in [2.05, 4.69) is 0 Å². The number of aliphatic carboxylic acids is 1. The summed E-state index contributed by atoms with van der Waals surface area (Å²) in [4.78, 5) is 38.7. The molecule has 3 amide bonds. The molecule has 1 aliphatic rings. The molecule has 1 aliphatic heterocycles. The van der Waals surface area contributed by atoms with Crippen molar-refractivity contribution >= 4 is 18.1 Å². The Kier molecular flexibility index (Phi) is 4.18. The maximum absolute atomic E-state index is 12.9. The molecular weight excluding hydrogens is 312 g/mol. The Morgan fingerprint density at radius 2 is 1.75 bits per heavy atom. The number of amides is 3. The molecule has 1 heterocycles. The van der Waals surface area contributed by atoms with E-state index in [4.69, 9.17) is 0 Å². The van der Waals surface area contributed by atoms with E-state index in [1.165, 1.54) is 11.9 Å². The Morgan fingerprint density at radius 3 is 2.17 bits per heavy atom. The fraction of sp³-hybridized carbons (Fsp3) is 0.471. The number of hydrogen-bond donors (Lipinski definition) is 2. The van der Waals surface area contributed by atoms with Crippen molar-refractivity contribution in [2.45, 2.75) is 32.9 Å². The van der Waals surface area contributed by atoms with Gasteiger partial charge in [0.25, 0.3) is 0 Å². The van der Waals surface area contributed by atoms with Crippen LogP contribution in [0.3, 0.4) is 0 Å². The summed E-state index contributed by atoms with van der Waals surface area (Å²) in [5.74, 6) is -1.29. The monoisotopic (exact) mass is 335 g/mol. The van der Waals surface area contributed by atoms with Crippen LogP contribution in [0.5, 0.6) is 0 Å². The second kappa shape index (κ2) is 5.59. The summed E-state index contributed by atoms with van der Waals surface area (Å²) in [6.45, 7) is 4.60. The number of carbonyl (C=O) groups is 3. The highest BCUT2D eigenvalue weighted by atomic mass is 16.4. The number of hydrogen-bond acceptors (Lipinski definition) is 3. The molecule has 0 aromatic heterocycles. The molecule has 1 aromatic carbocycles. The zero-order valence-corrected chi connectivity index (χ0v) is 14.3. The molecular formula is C17H23N2O5+. The number of imide groups is 1. The minimum Gasteiger partial charge on any atom is -0.477 e. The zero-order chi connectivity index (χ0) is 18.3. The smallest absolute Gasteiger partial charge is 0.477 e. The molecule has 24 heavy (non-hydrogen) atoms. The van der Waals surface area contributed by atoms with E-state index < -0.39 is 33.5 Å². The number of nitrogens with zero attached hydrogens (tertiary/aromatic N) is 2. The van der Waals surface area contributed by atoms with Crippen LogP contribution in [0.4, 0.5) is 9.59 Å². The highest BCUT2D eigenvalue weighted by Gasteiger charge is 2.77. The van der Waals surface area contributed by atoms with Gasteiger partial charge in [-0.05, 0) is 0 Å². The number of urea groups is 1. The van der Waals surface area contributed by atoms with E-state index in [0.29, 0.717) is 5.56 Å². The molecule has 0 bridgehead atoms. The van der Waals surface area contributed by atoms with E-state index in [1.54, 1.807) is 51.1 Å². The van der Waals surface area contributed by atoms with Crippen LogP contribution in [0, 0.1) is 5.41 Å². The Hall–Kier alpha value is -2.41. The van der Waals surface area contributed by atoms with Gasteiger partial charge in [-0.2, -0.15) is 4.79 Å². The largest absolute Gasteiger partial charge is 0.524 e. The van der Waals surface area contributed by atoms with Crippen LogP contribution >= 0.6 is 0 Å². The number of carboxylic acids is 1. The zero-order valence-electron chi connectivity index (χ0n) is 14.3. The van der Waals surface area contributed by atoms with Crippen LogP contribution in [0.25, 0.3) is 0 Å². The summed E-state index contributed by atoms with van der Waals surface area (Å²) in [6, 6.07) is 7.92. The third kappa shape index (κ3) is 2.19. The molecule has 0 aliphatic carbocycles. The first-order chi connectivity index (χ1) is 11.0. The highest BCUT2D eigenvalue weighted by molar-refractivity contribution is 5.91. The SMILES string of the molecule is CN1CC(C(=O)O)(C(C)(C)C)[N+](Cc2ccccc2)(C(=O)O)C1=O. The summed E-state index contributed by atoms with van der Waals surface area (Å²) < 4.78 is -1.17. The lowest BCUT2D eigenvalue weighted by Gasteiger charge is -2.44. The van der Waals surface area contributed by atoms with Gasteiger partial charge in [-0.3, -0.25) is 4.90 Å².